The highest BCUT2D eigenvalue weighted by atomic mass is 79.9. The van der Waals surface area contributed by atoms with Crippen LogP contribution in [0.4, 0.5) is 4.39 Å². The molecule has 0 unspecified atom stereocenters. The van der Waals surface area contributed by atoms with Crippen LogP contribution in [-0.4, -0.2) is 0 Å². The van der Waals surface area contributed by atoms with E-state index < -0.39 is 0 Å². The fourth-order valence-electron chi connectivity index (χ4n) is 1.25. The van der Waals surface area contributed by atoms with Gasteiger partial charge in [-0.25, -0.2) is 4.39 Å². The number of benzene rings is 1. The highest BCUT2D eigenvalue weighted by molar-refractivity contribution is 9.10. The van der Waals surface area contributed by atoms with Gasteiger partial charge in [0, 0.05) is 20.8 Å². The van der Waals surface area contributed by atoms with Gasteiger partial charge in [-0.05, 0) is 40.5 Å². The lowest BCUT2D eigenvalue weighted by atomic mass is 10.2. The summed E-state index contributed by atoms with van der Waals surface area (Å²) in [5.41, 5.74) is 0.631. The first-order valence-corrected chi connectivity index (χ1v) is 6.44. The van der Waals surface area contributed by atoms with Crippen LogP contribution in [0.15, 0.2) is 34.1 Å². The molecule has 0 N–H and O–H groups in total. The standard InChI is InChI=1S/C12H10BrFOS/c1-8-2-3-10(5-12(8)14)15-6-11-4-9(13)7-16-11/h2-5,7H,6H2,1H3. The van der Waals surface area contributed by atoms with Crippen molar-refractivity contribution in [2.75, 3.05) is 0 Å². The number of rotatable bonds is 3. The summed E-state index contributed by atoms with van der Waals surface area (Å²) in [5.74, 6) is 0.331. The molecule has 0 aliphatic heterocycles. The van der Waals surface area contributed by atoms with Crippen LogP contribution in [-0.2, 0) is 6.61 Å². The topological polar surface area (TPSA) is 9.23 Å². The largest absolute Gasteiger partial charge is 0.488 e. The van der Waals surface area contributed by atoms with E-state index in [4.69, 9.17) is 4.74 Å². The lowest BCUT2D eigenvalue weighted by Gasteiger charge is -2.05. The molecule has 0 radical (unpaired) electrons. The normalized spacial score (nSPS) is 10.4. The minimum Gasteiger partial charge on any atom is -0.488 e. The number of hydrogen-bond donors (Lipinski definition) is 0. The average Bonchev–Trinajstić information content (AvgIpc) is 2.66. The Hall–Kier alpha value is -0.870. The molecule has 0 spiro atoms. The van der Waals surface area contributed by atoms with Gasteiger partial charge < -0.3 is 4.74 Å². The van der Waals surface area contributed by atoms with E-state index >= 15 is 0 Å². The maximum Gasteiger partial charge on any atom is 0.129 e. The Labute approximate surface area is 106 Å². The first-order chi connectivity index (χ1) is 7.65. The highest BCUT2D eigenvalue weighted by Gasteiger charge is 2.02. The molecule has 0 aliphatic carbocycles. The van der Waals surface area contributed by atoms with Crippen LogP contribution in [0.5, 0.6) is 5.75 Å². The van der Waals surface area contributed by atoms with E-state index in [2.05, 4.69) is 15.9 Å². The average molecular weight is 301 g/mol. The molecule has 16 heavy (non-hydrogen) atoms. The van der Waals surface area contributed by atoms with Gasteiger partial charge in [0.05, 0.1) is 0 Å². The van der Waals surface area contributed by atoms with E-state index in [0.29, 0.717) is 17.9 Å². The van der Waals surface area contributed by atoms with Gasteiger partial charge in [-0.15, -0.1) is 11.3 Å². The summed E-state index contributed by atoms with van der Waals surface area (Å²) in [4.78, 5) is 1.10. The predicted octanol–water partition coefficient (Wildman–Crippen LogP) is 4.54. The molecule has 2 aromatic rings. The SMILES string of the molecule is Cc1ccc(OCc2cc(Br)cs2)cc1F. The maximum atomic E-state index is 13.2. The van der Waals surface area contributed by atoms with Crippen molar-refractivity contribution in [1.29, 1.82) is 0 Å². The molecule has 0 fully saturated rings. The first kappa shape index (κ1) is 11.6. The summed E-state index contributed by atoms with van der Waals surface area (Å²) in [7, 11) is 0. The fourth-order valence-corrected chi connectivity index (χ4v) is 2.61. The van der Waals surface area contributed by atoms with E-state index in [1.807, 2.05) is 11.4 Å². The lowest BCUT2D eigenvalue weighted by molar-refractivity contribution is 0.308. The van der Waals surface area contributed by atoms with Crippen molar-refractivity contribution < 1.29 is 9.13 Å². The van der Waals surface area contributed by atoms with Gasteiger partial charge in [0.1, 0.15) is 18.2 Å². The van der Waals surface area contributed by atoms with Crippen LogP contribution >= 0.6 is 27.3 Å². The number of ether oxygens (including phenoxy) is 1. The second-order valence-electron chi connectivity index (χ2n) is 3.43. The summed E-state index contributed by atoms with van der Waals surface area (Å²) in [6.07, 6.45) is 0. The van der Waals surface area contributed by atoms with Crippen molar-refractivity contribution in [2.45, 2.75) is 13.5 Å². The van der Waals surface area contributed by atoms with Crippen LogP contribution in [0.1, 0.15) is 10.4 Å². The van der Waals surface area contributed by atoms with E-state index in [1.54, 1.807) is 30.4 Å². The van der Waals surface area contributed by atoms with Gasteiger partial charge in [0.25, 0.3) is 0 Å². The summed E-state index contributed by atoms with van der Waals surface area (Å²) in [6, 6.07) is 6.91. The first-order valence-electron chi connectivity index (χ1n) is 4.77. The van der Waals surface area contributed by atoms with E-state index in [-0.39, 0.29) is 5.82 Å². The predicted molar refractivity (Wildman–Crippen MR) is 67.5 cm³/mol. The van der Waals surface area contributed by atoms with Crippen molar-refractivity contribution >= 4 is 27.3 Å². The minimum atomic E-state index is -0.232. The molecule has 1 aromatic carbocycles. The number of aryl methyl sites for hydroxylation is 1. The second kappa shape index (κ2) is 4.97. The summed E-state index contributed by atoms with van der Waals surface area (Å²) < 4.78 is 19.8. The summed E-state index contributed by atoms with van der Waals surface area (Å²) in [6.45, 7) is 2.20. The Bertz CT molecular complexity index is 496. The van der Waals surface area contributed by atoms with Crippen LogP contribution in [0, 0.1) is 12.7 Å². The number of thiophene rings is 1. The number of halogens is 2. The summed E-state index contributed by atoms with van der Waals surface area (Å²) >= 11 is 4.98. The van der Waals surface area contributed by atoms with Crippen LogP contribution < -0.4 is 4.74 Å². The molecule has 0 saturated carbocycles. The molecule has 0 saturated heterocycles. The molecule has 0 bridgehead atoms. The van der Waals surface area contributed by atoms with E-state index in [0.717, 1.165) is 9.35 Å². The molecular formula is C12H10BrFOS. The zero-order valence-corrected chi connectivity index (χ0v) is 11.1. The van der Waals surface area contributed by atoms with Gasteiger partial charge in [0.15, 0.2) is 0 Å². The monoisotopic (exact) mass is 300 g/mol. The highest BCUT2D eigenvalue weighted by Crippen LogP contribution is 2.22. The van der Waals surface area contributed by atoms with Gasteiger partial charge >= 0.3 is 0 Å². The Morgan fingerprint density at radius 1 is 1.38 bits per heavy atom. The second-order valence-corrected chi connectivity index (χ2v) is 5.34. The van der Waals surface area contributed by atoms with Gasteiger partial charge in [-0.1, -0.05) is 6.07 Å². The van der Waals surface area contributed by atoms with Crippen LogP contribution in [0.2, 0.25) is 0 Å². The lowest BCUT2D eigenvalue weighted by Crippen LogP contribution is -1.94. The van der Waals surface area contributed by atoms with Gasteiger partial charge in [0.2, 0.25) is 0 Å². The van der Waals surface area contributed by atoms with Crippen molar-refractivity contribution in [3.63, 3.8) is 0 Å². The third-order valence-corrected chi connectivity index (χ3v) is 3.82. The fraction of sp³-hybridized carbons (Fsp3) is 0.167. The quantitative estimate of drug-likeness (QED) is 0.809. The van der Waals surface area contributed by atoms with Crippen LogP contribution in [0.25, 0.3) is 0 Å². The van der Waals surface area contributed by atoms with Crippen molar-refractivity contribution in [3.8, 4) is 5.75 Å². The van der Waals surface area contributed by atoms with Crippen molar-refractivity contribution in [1.82, 2.24) is 0 Å². The third kappa shape index (κ3) is 2.83. The summed E-state index contributed by atoms with van der Waals surface area (Å²) in [5, 5.41) is 1.99. The molecule has 1 nitrogen and oxygen atoms in total. The molecule has 84 valence electrons. The third-order valence-electron chi connectivity index (χ3n) is 2.15. The van der Waals surface area contributed by atoms with Crippen molar-refractivity contribution in [2.24, 2.45) is 0 Å². The van der Waals surface area contributed by atoms with Gasteiger partial charge in [-0.3, -0.25) is 0 Å². The smallest absolute Gasteiger partial charge is 0.129 e. The molecule has 0 atom stereocenters. The zero-order valence-electron chi connectivity index (χ0n) is 8.67. The Kier molecular flexibility index (Phi) is 3.61. The Balaban J connectivity index is 2.02. The van der Waals surface area contributed by atoms with Crippen molar-refractivity contribution in [3.05, 3.63) is 50.4 Å². The molecule has 4 heteroatoms. The zero-order chi connectivity index (χ0) is 11.5. The Morgan fingerprint density at radius 2 is 2.19 bits per heavy atom. The number of hydrogen-bond acceptors (Lipinski definition) is 2. The molecule has 1 aromatic heterocycles. The van der Waals surface area contributed by atoms with Crippen LogP contribution in [0.3, 0.4) is 0 Å². The molecule has 0 aliphatic rings. The molecule has 2 rings (SSSR count). The van der Waals surface area contributed by atoms with E-state index in [1.165, 1.54) is 6.07 Å². The molecule has 0 amide bonds. The Morgan fingerprint density at radius 3 is 2.81 bits per heavy atom. The van der Waals surface area contributed by atoms with Gasteiger partial charge in [-0.2, -0.15) is 0 Å². The van der Waals surface area contributed by atoms with E-state index in [9.17, 15) is 4.39 Å². The molecule has 1 heterocycles. The molecular weight excluding hydrogens is 291 g/mol. The maximum absolute atomic E-state index is 13.2. The minimum absolute atomic E-state index is 0.232.